The number of aliphatic hydroxyl groups excluding tert-OH is 1. The Morgan fingerprint density at radius 3 is 2.33 bits per heavy atom. The molecule has 0 aromatic heterocycles. The number of benzene rings is 2. The maximum absolute atomic E-state index is 10.3. The van der Waals surface area contributed by atoms with E-state index < -0.39 is 6.10 Å². The van der Waals surface area contributed by atoms with Gasteiger partial charge in [0.25, 0.3) is 0 Å². The van der Waals surface area contributed by atoms with Gasteiger partial charge in [-0.25, -0.2) is 0 Å². The van der Waals surface area contributed by atoms with Crippen molar-refractivity contribution in [3.63, 3.8) is 0 Å². The molecule has 1 nitrogen and oxygen atoms in total. The third kappa shape index (κ3) is 3.44. The van der Waals surface area contributed by atoms with Crippen LogP contribution in [0.3, 0.4) is 0 Å². The molecule has 1 N–H and O–H groups in total. The minimum Gasteiger partial charge on any atom is -0.388 e. The fourth-order valence-electron chi connectivity index (χ4n) is 1.86. The van der Waals surface area contributed by atoms with E-state index in [4.69, 9.17) is 0 Å². The number of halogens is 2. The van der Waals surface area contributed by atoms with Crippen molar-refractivity contribution in [2.75, 3.05) is 0 Å². The summed E-state index contributed by atoms with van der Waals surface area (Å²) in [7, 11) is 0. The molecule has 2 aromatic carbocycles. The van der Waals surface area contributed by atoms with Gasteiger partial charge >= 0.3 is 0 Å². The molecule has 2 rings (SSSR count). The Kier molecular flexibility index (Phi) is 4.60. The van der Waals surface area contributed by atoms with E-state index in [0.29, 0.717) is 6.42 Å². The maximum Gasteiger partial charge on any atom is 0.0841 e. The summed E-state index contributed by atoms with van der Waals surface area (Å²) in [6.07, 6.45) is 0.135. The summed E-state index contributed by atoms with van der Waals surface area (Å²) in [5, 5.41) is 10.3. The van der Waals surface area contributed by atoms with Crippen molar-refractivity contribution >= 4 is 31.9 Å². The molecule has 1 unspecified atom stereocenters. The minimum atomic E-state index is -0.485. The van der Waals surface area contributed by atoms with Gasteiger partial charge in [-0.2, -0.15) is 0 Å². The largest absolute Gasteiger partial charge is 0.388 e. The Balaban J connectivity index is 2.16. The van der Waals surface area contributed by atoms with Gasteiger partial charge in [0.2, 0.25) is 0 Å². The summed E-state index contributed by atoms with van der Waals surface area (Å²) in [4.78, 5) is 0. The summed E-state index contributed by atoms with van der Waals surface area (Å²) in [6.45, 7) is 2.04. The molecule has 0 saturated carbocycles. The topological polar surface area (TPSA) is 20.2 Å². The summed E-state index contributed by atoms with van der Waals surface area (Å²) in [6, 6.07) is 14.1. The highest BCUT2D eigenvalue weighted by Crippen LogP contribution is 2.27. The van der Waals surface area contributed by atoms with Gasteiger partial charge < -0.3 is 5.11 Å². The molecule has 18 heavy (non-hydrogen) atoms. The lowest BCUT2D eigenvalue weighted by Crippen LogP contribution is -2.02. The quantitative estimate of drug-likeness (QED) is 0.824. The zero-order valence-corrected chi connectivity index (χ0v) is 13.2. The second-order valence-electron chi connectivity index (χ2n) is 4.37. The average Bonchev–Trinajstić information content (AvgIpc) is 2.32. The van der Waals surface area contributed by atoms with E-state index in [1.165, 1.54) is 5.56 Å². The van der Waals surface area contributed by atoms with Crippen LogP contribution in [0.2, 0.25) is 0 Å². The fraction of sp³-hybridized carbons (Fsp3) is 0.200. The Morgan fingerprint density at radius 2 is 1.72 bits per heavy atom. The monoisotopic (exact) mass is 368 g/mol. The molecule has 0 saturated heterocycles. The van der Waals surface area contributed by atoms with E-state index in [0.717, 1.165) is 20.1 Å². The molecule has 0 aliphatic carbocycles. The molecule has 0 aliphatic rings. The molecule has 2 aromatic rings. The van der Waals surface area contributed by atoms with Gasteiger partial charge in [0.05, 0.1) is 6.10 Å². The molecule has 0 fully saturated rings. The molecule has 0 bridgehead atoms. The third-order valence-corrected chi connectivity index (χ3v) is 4.07. The van der Waals surface area contributed by atoms with E-state index in [9.17, 15) is 5.11 Å². The van der Waals surface area contributed by atoms with Crippen LogP contribution in [-0.2, 0) is 6.42 Å². The van der Waals surface area contributed by atoms with E-state index in [1.807, 2.05) is 49.4 Å². The first-order chi connectivity index (χ1) is 8.56. The van der Waals surface area contributed by atoms with E-state index in [-0.39, 0.29) is 0 Å². The van der Waals surface area contributed by atoms with Gasteiger partial charge in [0.15, 0.2) is 0 Å². The Bertz CT molecular complexity index is 535. The second kappa shape index (κ2) is 6.00. The first-order valence-corrected chi connectivity index (χ1v) is 7.33. The van der Waals surface area contributed by atoms with Gasteiger partial charge in [-0.05, 0) is 41.8 Å². The minimum absolute atomic E-state index is 0.485. The SMILES string of the molecule is Cc1ccc(C(O)Cc2ccc(Br)cc2)c(Br)c1. The van der Waals surface area contributed by atoms with Crippen molar-refractivity contribution in [1.82, 2.24) is 0 Å². The van der Waals surface area contributed by atoms with Crippen molar-refractivity contribution in [1.29, 1.82) is 0 Å². The molecule has 0 radical (unpaired) electrons. The van der Waals surface area contributed by atoms with Crippen LogP contribution in [0.4, 0.5) is 0 Å². The highest BCUT2D eigenvalue weighted by Gasteiger charge is 2.12. The second-order valence-corrected chi connectivity index (χ2v) is 6.14. The Labute approximate surface area is 124 Å². The molecular weight excluding hydrogens is 356 g/mol. The van der Waals surface area contributed by atoms with Crippen LogP contribution in [0, 0.1) is 6.92 Å². The average molecular weight is 370 g/mol. The molecule has 0 spiro atoms. The predicted octanol–water partition coefficient (Wildman–Crippen LogP) is 4.80. The summed E-state index contributed by atoms with van der Waals surface area (Å²) < 4.78 is 2.02. The standard InChI is InChI=1S/C15H14Br2O/c1-10-2-7-13(14(17)8-10)15(18)9-11-3-5-12(16)6-4-11/h2-8,15,18H,9H2,1H3. The highest BCUT2D eigenvalue weighted by molar-refractivity contribution is 9.10. The molecule has 0 aliphatic heterocycles. The van der Waals surface area contributed by atoms with Crippen LogP contribution in [-0.4, -0.2) is 5.11 Å². The van der Waals surface area contributed by atoms with Crippen molar-refractivity contribution in [2.45, 2.75) is 19.4 Å². The first kappa shape index (κ1) is 13.8. The first-order valence-electron chi connectivity index (χ1n) is 5.75. The normalized spacial score (nSPS) is 12.4. The number of aliphatic hydroxyl groups is 1. The van der Waals surface area contributed by atoms with Crippen LogP contribution in [0.1, 0.15) is 22.8 Å². The van der Waals surface area contributed by atoms with E-state index in [1.54, 1.807) is 0 Å². The van der Waals surface area contributed by atoms with Gasteiger partial charge in [0, 0.05) is 15.4 Å². The van der Waals surface area contributed by atoms with E-state index >= 15 is 0 Å². The van der Waals surface area contributed by atoms with Gasteiger partial charge in [-0.1, -0.05) is 56.1 Å². The van der Waals surface area contributed by atoms with E-state index in [2.05, 4.69) is 31.9 Å². The summed E-state index contributed by atoms with van der Waals surface area (Å²) in [5.41, 5.74) is 3.24. The number of aryl methyl sites for hydroxylation is 1. The molecule has 3 heteroatoms. The smallest absolute Gasteiger partial charge is 0.0841 e. The maximum atomic E-state index is 10.3. The molecular formula is C15H14Br2O. The van der Waals surface area contributed by atoms with Gasteiger partial charge in [-0.15, -0.1) is 0 Å². The highest BCUT2D eigenvalue weighted by atomic mass is 79.9. The van der Waals surface area contributed by atoms with Crippen molar-refractivity contribution in [2.24, 2.45) is 0 Å². The van der Waals surface area contributed by atoms with Crippen molar-refractivity contribution < 1.29 is 5.11 Å². The zero-order chi connectivity index (χ0) is 13.1. The lowest BCUT2D eigenvalue weighted by molar-refractivity contribution is 0.177. The van der Waals surface area contributed by atoms with Crippen molar-refractivity contribution in [3.05, 3.63) is 68.1 Å². The Hall–Kier alpha value is -0.640. The van der Waals surface area contributed by atoms with Crippen LogP contribution in [0.15, 0.2) is 51.4 Å². The number of hydrogen-bond acceptors (Lipinski definition) is 1. The fourth-order valence-corrected chi connectivity index (χ4v) is 2.88. The molecule has 0 heterocycles. The lowest BCUT2D eigenvalue weighted by atomic mass is 10.0. The van der Waals surface area contributed by atoms with Gasteiger partial charge in [-0.3, -0.25) is 0 Å². The van der Waals surface area contributed by atoms with Gasteiger partial charge in [0.1, 0.15) is 0 Å². The third-order valence-electron chi connectivity index (χ3n) is 2.86. The molecule has 0 amide bonds. The number of hydrogen-bond donors (Lipinski definition) is 1. The Morgan fingerprint density at radius 1 is 1.06 bits per heavy atom. The molecule has 94 valence electrons. The zero-order valence-electron chi connectivity index (χ0n) is 10.0. The van der Waals surface area contributed by atoms with Crippen LogP contribution in [0.5, 0.6) is 0 Å². The summed E-state index contributed by atoms with van der Waals surface area (Å²) >= 11 is 6.91. The summed E-state index contributed by atoms with van der Waals surface area (Å²) in [5.74, 6) is 0. The van der Waals surface area contributed by atoms with Crippen molar-refractivity contribution in [3.8, 4) is 0 Å². The lowest BCUT2D eigenvalue weighted by Gasteiger charge is -2.13. The number of rotatable bonds is 3. The van der Waals surface area contributed by atoms with Crippen LogP contribution >= 0.6 is 31.9 Å². The van der Waals surface area contributed by atoms with Crippen LogP contribution < -0.4 is 0 Å². The predicted molar refractivity (Wildman–Crippen MR) is 81.7 cm³/mol. The molecule has 1 atom stereocenters. The van der Waals surface area contributed by atoms with Crippen LogP contribution in [0.25, 0.3) is 0 Å².